The van der Waals surface area contributed by atoms with Crippen molar-refractivity contribution in [1.82, 2.24) is 4.90 Å². The molecule has 1 fully saturated rings. The molecule has 1 amide bonds. The van der Waals surface area contributed by atoms with Gasteiger partial charge in [0, 0.05) is 24.1 Å². The molecule has 1 aliphatic heterocycles. The van der Waals surface area contributed by atoms with Crippen molar-refractivity contribution in [3.05, 3.63) is 65.7 Å². The van der Waals surface area contributed by atoms with Gasteiger partial charge in [-0.15, -0.1) is 0 Å². The van der Waals surface area contributed by atoms with E-state index >= 15 is 0 Å². The van der Waals surface area contributed by atoms with Gasteiger partial charge in [0.05, 0.1) is 7.11 Å². The molecule has 2 atom stereocenters. The lowest BCUT2D eigenvalue weighted by Crippen LogP contribution is -2.39. The van der Waals surface area contributed by atoms with Gasteiger partial charge < -0.3 is 9.64 Å². The summed E-state index contributed by atoms with van der Waals surface area (Å²) in [6.07, 6.45) is 3.18. The van der Waals surface area contributed by atoms with E-state index in [9.17, 15) is 4.79 Å². The van der Waals surface area contributed by atoms with Crippen LogP contribution in [-0.4, -0.2) is 30.5 Å². The highest BCUT2D eigenvalue weighted by molar-refractivity contribution is 5.95. The predicted molar refractivity (Wildman–Crippen MR) is 96.5 cm³/mol. The van der Waals surface area contributed by atoms with Crippen molar-refractivity contribution >= 4 is 5.91 Å². The molecule has 2 aromatic rings. The van der Waals surface area contributed by atoms with Crippen LogP contribution < -0.4 is 4.74 Å². The number of rotatable bonds is 5. The van der Waals surface area contributed by atoms with Gasteiger partial charge in [0.1, 0.15) is 5.75 Å². The first-order valence-electron chi connectivity index (χ1n) is 8.74. The summed E-state index contributed by atoms with van der Waals surface area (Å²) in [6, 6.07) is 18.3. The first-order chi connectivity index (χ1) is 11.7. The molecule has 24 heavy (non-hydrogen) atoms. The Balaban J connectivity index is 1.85. The number of likely N-dealkylation sites (tertiary alicyclic amines) is 1. The highest BCUT2D eigenvalue weighted by Crippen LogP contribution is 2.34. The van der Waals surface area contributed by atoms with E-state index in [2.05, 4.69) is 36.1 Å². The summed E-state index contributed by atoms with van der Waals surface area (Å²) in [4.78, 5) is 15.1. The molecular weight excluding hydrogens is 298 g/mol. The van der Waals surface area contributed by atoms with Crippen LogP contribution in [0.15, 0.2) is 54.6 Å². The van der Waals surface area contributed by atoms with E-state index in [1.165, 1.54) is 5.56 Å². The fourth-order valence-electron chi connectivity index (χ4n) is 3.82. The molecular formula is C21H25NO2. The zero-order chi connectivity index (χ0) is 16.9. The molecule has 3 nitrogen and oxygen atoms in total. The summed E-state index contributed by atoms with van der Waals surface area (Å²) in [5.41, 5.74) is 2.04. The number of ether oxygens (including phenoxy) is 1. The van der Waals surface area contributed by atoms with E-state index in [0.717, 1.165) is 31.6 Å². The number of carbonyl (C=O) groups is 1. The third kappa shape index (κ3) is 3.30. The molecule has 1 saturated heterocycles. The molecule has 0 bridgehead atoms. The lowest BCUT2D eigenvalue weighted by Gasteiger charge is -2.32. The van der Waals surface area contributed by atoms with Crippen molar-refractivity contribution in [2.45, 2.75) is 38.1 Å². The third-order valence-electron chi connectivity index (χ3n) is 5.01. The minimum Gasteiger partial charge on any atom is -0.497 e. The number of hydrogen-bond acceptors (Lipinski definition) is 2. The van der Waals surface area contributed by atoms with Crippen LogP contribution in [0.4, 0.5) is 0 Å². The molecule has 0 aliphatic carbocycles. The second-order valence-corrected chi connectivity index (χ2v) is 6.37. The molecule has 0 spiro atoms. The fourth-order valence-corrected chi connectivity index (χ4v) is 3.82. The van der Waals surface area contributed by atoms with Crippen LogP contribution in [0.5, 0.6) is 5.75 Å². The van der Waals surface area contributed by atoms with E-state index in [-0.39, 0.29) is 11.9 Å². The standard InChI is InChI=1S/C21H25NO2/c1-3-19(16-9-5-4-6-10-16)20-13-8-14-22(20)21(23)17-11-7-12-18(15-17)24-2/h4-7,9-12,15,19-20H,3,8,13-14H2,1-2H3/t19-,20+/m0/s1. The lowest BCUT2D eigenvalue weighted by atomic mass is 9.87. The average molecular weight is 323 g/mol. The number of hydrogen-bond donors (Lipinski definition) is 0. The maximum Gasteiger partial charge on any atom is 0.254 e. The normalized spacial score (nSPS) is 18.4. The number of nitrogens with zero attached hydrogens (tertiary/aromatic N) is 1. The highest BCUT2D eigenvalue weighted by Gasteiger charge is 2.35. The molecule has 0 radical (unpaired) electrons. The van der Waals surface area contributed by atoms with Crippen LogP contribution in [0.3, 0.4) is 0 Å². The van der Waals surface area contributed by atoms with Gasteiger partial charge in [0.25, 0.3) is 5.91 Å². The molecule has 3 rings (SSSR count). The van der Waals surface area contributed by atoms with Crippen LogP contribution in [0, 0.1) is 0 Å². The second-order valence-electron chi connectivity index (χ2n) is 6.37. The Morgan fingerprint density at radius 1 is 1.21 bits per heavy atom. The number of carbonyl (C=O) groups excluding carboxylic acids is 1. The maximum atomic E-state index is 13.0. The third-order valence-corrected chi connectivity index (χ3v) is 5.01. The SMILES string of the molecule is CC[C@@H](c1ccccc1)[C@H]1CCCN1C(=O)c1cccc(OC)c1. The Morgan fingerprint density at radius 3 is 2.71 bits per heavy atom. The molecule has 2 aromatic carbocycles. The van der Waals surface area contributed by atoms with E-state index in [0.29, 0.717) is 11.5 Å². The quantitative estimate of drug-likeness (QED) is 0.811. The Hall–Kier alpha value is -2.29. The Bertz CT molecular complexity index is 683. The maximum absolute atomic E-state index is 13.0. The largest absolute Gasteiger partial charge is 0.497 e. The van der Waals surface area contributed by atoms with Gasteiger partial charge in [-0.05, 0) is 43.0 Å². The first-order valence-corrected chi connectivity index (χ1v) is 8.74. The predicted octanol–water partition coefficient (Wildman–Crippen LogP) is 4.49. The summed E-state index contributed by atoms with van der Waals surface area (Å²) in [6.45, 7) is 3.05. The number of amides is 1. The molecule has 0 aromatic heterocycles. The van der Waals surface area contributed by atoms with Crippen LogP contribution in [-0.2, 0) is 0 Å². The first kappa shape index (κ1) is 16.6. The summed E-state index contributed by atoms with van der Waals surface area (Å²) in [7, 11) is 1.63. The molecule has 3 heteroatoms. The fraction of sp³-hybridized carbons (Fsp3) is 0.381. The highest BCUT2D eigenvalue weighted by atomic mass is 16.5. The summed E-state index contributed by atoms with van der Waals surface area (Å²) in [5.74, 6) is 1.24. The van der Waals surface area contributed by atoms with Crippen molar-refractivity contribution in [1.29, 1.82) is 0 Å². The molecule has 1 aliphatic rings. The molecule has 0 unspecified atom stereocenters. The lowest BCUT2D eigenvalue weighted by molar-refractivity contribution is 0.0714. The number of benzene rings is 2. The van der Waals surface area contributed by atoms with Crippen molar-refractivity contribution in [2.75, 3.05) is 13.7 Å². The summed E-state index contributed by atoms with van der Waals surface area (Å²) >= 11 is 0. The minimum absolute atomic E-state index is 0.116. The zero-order valence-corrected chi connectivity index (χ0v) is 14.4. The van der Waals surface area contributed by atoms with Crippen LogP contribution in [0.1, 0.15) is 48.0 Å². The van der Waals surface area contributed by atoms with E-state index < -0.39 is 0 Å². The Morgan fingerprint density at radius 2 is 2.00 bits per heavy atom. The monoisotopic (exact) mass is 323 g/mol. The minimum atomic E-state index is 0.116. The van der Waals surface area contributed by atoms with Gasteiger partial charge >= 0.3 is 0 Å². The van der Waals surface area contributed by atoms with Gasteiger partial charge in [0.2, 0.25) is 0 Å². The Labute approximate surface area is 144 Å². The second kappa shape index (κ2) is 7.52. The van der Waals surface area contributed by atoms with Crippen LogP contribution in [0.25, 0.3) is 0 Å². The summed E-state index contributed by atoms with van der Waals surface area (Å²) in [5, 5.41) is 0. The zero-order valence-electron chi connectivity index (χ0n) is 14.4. The van der Waals surface area contributed by atoms with E-state index in [4.69, 9.17) is 4.74 Å². The molecule has 0 N–H and O–H groups in total. The van der Waals surface area contributed by atoms with Crippen LogP contribution in [0.2, 0.25) is 0 Å². The molecule has 1 heterocycles. The van der Waals surface area contributed by atoms with Gasteiger partial charge in [-0.2, -0.15) is 0 Å². The number of methoxy groups -OCH3 is 1. The van der Waals surface area contributed by atoms with Crippen molar-refractivity contribution in [3.8, 4) is 5.75 Å². The topological polar surface area (TPSA) is 29.5 Å². The van der Waals surface area contributed by atoms with E-state index in [1.807, 2.05) is 30.3 Å². The van der Waals surface area contributed by atoms with Gasteiger partial charge in [-0.25, -0.2) is 0 Å². The van der Waals surface area contributed by atoms with E-state index in [1.54, 1.807) is 7.11 Å². The van der Waals surface area contributed by atoms with Gasteiger partial charge in [0.15, 0.2) is 0 Å². The smallest absolute Gasteiger partial charge is 0.254 e. The average Bonchev–Trinajstić information content (AvgIpc) is 3.12. The van der Waals surface area contributed by atoms with Crippen molar-refractivity contribution in [2.24, 2.45) is 0 Å². The van der Waals surface area contributed by atoms with Crippen LogP contribution >= 0.6 is 0 Å². The van der Waals surface area contributed by atoms with Gasteiger partial charge in [-0.1, -0.05) is 43.3 Å². The van der Waals surface area contributed by atoms with Crippen molar-refractivity contribution in [3.63, 3.8) is 0 Å². The molecule has 0 saturated carbocycles. The van der Waals surface area contributed by atoms with Crippen molar-refractivity contribution < 1.29 is 9.53 Å². The summed E-state index contributed by atoms with van der Waals surface area (Å²) < 4.78 is 5.26. The molecule has 126 valence electrons. The van der Waals surface area contributed by atoms with Gasteiger partial charge in [-0.3, -0.25) is 4.79 Å². The Kier molecular flexibility index (Phi) is 5.19.